The molecule has 0 saturated carbocycles. The summed E-state index contributed by atoms with van der Waals surface area (Å²) in [5, 5.41) is 4.37. The average molecular weight is 149 g/mol. The van der Waals surface area contributed by atoms with Gasteiger partial charge in [-0.2, -0.15) is 5.53 Å². The van der Waals surface area contributed by atoms with Crippen LogP contribution in [0.2, 0.25) is 0 Å². The van der Waals surface area contributed by atoms with E-state index in [1.54, 1.807) is 0 Å². The maximum absolute atomic E-state index is 5.61. The van der Waals surface area contributed by atoms with Crippen molar-refractivity contribution in [3.8, 4) is 0 Å². The molecule has 0 amide bonds. The maximum atomic E-state index is 5.61. The number of nitrogens with one attached hydrogen (secondary N) is 1. The summed E-state index contributed by atoms with van der Waals surface area (Å²) in [6.45, 7) is 0. The summed E-state index contributed by atoms with van der Waals surface area (Å²) in [6.07, 6.45) is 2.16. The number of hydrogen-bond acceptors (Lipinski definition) is 4. The van der Waals surface area contributed by atoms with Gasteiger partial charge < -0.3 is 5.84 Å². The van der Waals surface area contributed by atoms with Crippen LogP contribution in [0.25, 0.3) is 0 Å². The van der Waals surface area contributed by atoms with E-state index in [0.717, 1.165) is 0 Å². The molecule has 8 heavy (non-hydrogen) atoms. The molecule has 0 unspecified atom stereocenters. The molecule has 1 heterocycles. The van der Waals surface area contributed by atoms with Crippen molar-refractivity contribution in [1.29, 1.82) is 5.53 Å². The Kier molecular flexibility index (Phi) is 6.70. The van der Waals surface area contributed by atoms with E-state index in [4.69, 9.17) is 5.53 Å². The van der Waals surface area contributed by atoms with Gasteiger partial charge in [0.2, 0.25) is 0 Å². The summed E-state index contributed by atoms with van der Waals surface area (Å²) in [5.74, 6) is 5.34. The van der Waals surface area contributed by atoms with Crippen LogP contribution in [0.1, 0.15) is 0 Å². The van der Waals surface area contributed by atoms with Crippen molar-refractivity contribution >= 4 is 21.6 Å². The molecule has 0 spiro atoms. The minimum atomic E-state index is 1.20. The van der Waals surface area contributed by atoms with Crippen LogP contribution in [0.5, 0.6) is 0 Å². The normalized spacial score (nSPS) is 14.5. The van der Waals surface area contributed by atoms with E-state index in [1.807, 2.05) is 21.6 Å². The van der Waals surface area contributed by atoms with Gasteiger partial charge in [-0.05, 0) is 5.41 Å². The number of rotatable bonds is 0. The van der Waals surface area contributed by atoms with E-state index in [1.165, 1.54) is 5.75 Å². The highest BCUT2D eigenvalue weighted by molar-refractivity contribution is 8.78. The molecule has 0 aromatic heterocycles. The zero-order valence-corrected chi connectivity index (χ0v) is 5.84. The smallest absolute Gasteiger partial charge is 0.0229 e. The van der Waals surface area contributed by atoms with Gasteiger partial charge in [0, 0.05) is 5.75 Å². The minimum absolute atomic E-state index is 1.20. The van der Waals surface area contributed by atoms with Crippen LogP contribution in [0.4, 0.5) is 0 Å². The molecule has 3 N–H and O–H groups in total. The monoisotopic (exact) mass is 149 g/mol. The summed E-state index contributed by atoms with van der Waals surface area (Å²) in [4.78, 5) is 0. The molecule has 0 aliphatic carbocycles. The fourth-order valence-corrected chi connectivity index (χ4v) is 1.77. The summed E-state index contributed by atoms with van der Waals surface area (Å²) in [5.41, 5.74) is 5.61. The fourth-order valence-electron chi connectivity index (χ4n) is 0.196. The van der Waals surface area contributed by atoms with E-state index < -0.39 is 0 Å². The molecule has 0 aromatic rings. The molecule has 0 fully saturated rings. The molecule has 0 atom stereocenters. The Labute approximate surface area is 56.0 Å². The molecule has 5 heteroatoms. The lowest BCUT2D eigenvalue weighted by atomic mass is 10.8. The van der Waals surface area contributed by atoms with Crippen molar-refractivity contribution in [1.82, 2.24) is 0 Å². The second kappa shape index (κ2) is 6.84. The first-order chi connectivity index (χ1) is 3.91. The SMILES string of the molecule is C1=CSSC1.N=NN. The lowest BCUT2D eigenvalue weighted by Crippen LogP contribution is -1.66. The predicted molar refractivity (Wildman–Crippen MR) is 38.5 cm³/mol. The van der Waals surface area contributed by atoms with E-state index in [-0.39, 0.29) is 0 Å². The zero-order chi connectivity index (χ0) is 6.24. The Hall–Kier alpha value is -0.160. The molecule has 1 rings (SSSR count). The van der Waals surface area contributed by atoms with E-state index in [9.17, 15) is 0 Å². The van der Waals surface area contributed by atoms with Crippen LogP contribution < -0.4 is 5.84 Å². The van der Waals surface area contributed by atoms with Crippen molar-refractivity contribution < 1.29 is 0 Å². The van der Waals surface area contributed by atoms with Gasteiger partial charge in [0.05, 0.1) is 0 Å². The van der Waals surface area contributed by atoms with Gasteiger partial charge >= 0.3 is 0 Å². The van der Waals surface area contributed by atoms with Gasteiger partial charge in [-0.1, -0.05) is 32.9 Å². The molecule has 0 saturated heterocycles. The van der Waals surface area contributed by atoms with Crippen molar-refractivity contribution in [3.63, 3.8) is 0 Å². The third kappa shape index (κ3) is 5.84. The number of nitrogens with two attached hydrogens (primary N) is 1. The summed E-state index contributed by atoms with van der Waals surface area (Å²) >= 11 is 0. The van der Waals surface area contributed by atoms with Gasteiger partial charge in [-0.3, -0.25) is 0 Å². The third-order valence-electron chi connectivity index (χ3n) is 0.384. The van der Waals surface area contributed by atoms with Crippen LogP contribution in [0.3, 0.4) is 0 Å². The highest BCUT2D eigenvalue weighted by Crippen LogP contribution is 2.27. The molecule has 0 radical (unpaired) electrons. The standard InChI is InChI=1S/C3H4S2.H3N3/c1-2-4-5-3-1;1-3-2/h1-2H,3H2;(H3,1,2). The Bertz CT molecular complexity index is 76.6. The second-order valence-electron chi connectivity index (χ2n) is 0.882. The zero-order valence-electron chi connectivity index (χ0n) is 4.20. The Morgan fingerprint density at radius 2 is 2.38 bits per heavy atom. The Morgan fingerprint density at radius 1 is 1.75 bits per heavy atom. The van der Waals surface area contributed by atoms with Gasteiger partial charge in [0.25, 0.3) is 0 Å². The quantitative estimate of drug-likeness (QED) is 0.239. The lowest BCUT2D eigenvalue weighted by Gasteiger charge is -1.69. The minimum Gasteiger partial charge on any atom is -0.305 e. The van der Waals surface area contributed by atoms with Gasteiger partial charge in [-0.15, -0.1) is 0 Å². The van der Waals surface area contributed by atoms with Crippen LogP contribution >= 0.6 is 21.6 Å². The van der Waals surface area contributed by atoms with Crippen LogP contribution in [-0.4, -0.2) is 5.75 Å². The predicted octanol–water partition coefficient (Wildman–Crippen LogP) is 1.79. The van der Waals surface area contributed by atoms with Gasteiger partial charge in [0.1, 0.15) is 0 Å². The summed E-state index contributed by atoms with van der Waals surface area (Å²) < 4.78 is 0. The number of nitrogens with zero attached hydrogens (tertiary/aromatic N) is 1. The van der Waals surface area contributed by atoms with E-state index in [0.29, 0.717) is 0 Å². The lowest BCUT2D eigenvalue weighted by molar-refractivity contribution is 0.991. The van der Waals surface area contributed by atoms with Gasteiger partial charge in [-0.25, -0.2) is 0 Å². The van der Waals surface area contributed by atoms with Crippen molar-refractivity contribution in [2.75, 3.05) is 5.75 Å². The summed E-state index contributed by atoms with van der Waals surface area (Å²) in [7, 11) is 3.69. The van der Waals surface area contributed by atoms with Crippen molar-refractivity contribution in [2.24, 2.45) is 11.1 Å². The maximum Gasteiger partial charge on any atom is 0.0229 e. The topological polar surface area (TPSA) is 62.2 Å². The largest absolute Gasteiger partial charge is 0.305 e. The van der Waals surface area contributed by atoms with Gasteiger partial charge in [0.15, 0.2) is 0 Å². The first-order valence-electron chi connectivity index (χ1n) is 1.91. The second-order valence-corrected chi connectivity index (χ2v) is 3.20. The molecule has 1 aliphatic heterocycles. The van der Waals surface area contributed by atoms with Crippen LogP contribution in [0, 0.1) is 5.53 Å². The Balaban J connectivity index is 0.000000145. The molecule has 1 aliphatic rings. The molecule has 0 bridgehead atoms. The molecule has 46 valence electrons. The molecule has 3 nitrogen and oxygen atoms in total. The van der Waals surface area contributed by atoms with Crippen LogP contribution in [0.15, 0.2) is 16.7 Å². The number of hydrogen-bond donors (Lipinski definition) is 2. The third-order valence-corrected chi connectivity index (χ3v) is 2.30. The Morgan fingerprint density at radius 3 is 2.50 bits per heavy atom. The highest BCUT2D eigenvalue weighted by atomic mass is 33.1. The molecular weight excluding hydrogens is 142 g/mol. The molecule has 0 aromatic carbocycles. The van der Waals surface area contributed by atoms with Crippen molar-refractivity contribution in [3.05, 3.63) is 11.5 Å². The van der Waals surface area contributed by atoms with E-state index in [2.05, 4.69) is 22.5 Å². The first kappa shape index (κ1) is 7.84. The highest BCUT2D eigenvalue weighted by Gasteiger charge is 1.85. The van der Waals surface area contributed by atoms with Crippen molar-refractivity contribution in [2.45, 2.75) is 0 Å². The average Bonchev–Trinajstić information content (AvgIpc) is 2.17. The first-order valence-corrected chi connectivity index (χ1v) is 4.30. The summed E-state index contributed by atoms with van der Waals surface area (Å²) in [6, 6.07) is 0. The fraction of sp³-hybridized carbons (Fsp3) is 0.333. The van der Waals surface area contributed by atoms with Crippen LogP contribution in [-0.2, 0) is 0 Å². The molecular formula is C3H7N3S2. The van der Waals surface area contributed by atoms with E-state index >= 15 is 0 Å².